The molecule has 0 aliphatic rings. The van der Waals surface area contributed by atoms with Gasteiger partial charge in [-0.1, -0.05) is 23.7 Å². The highest BCUT2D eigenvalue weighted by Crippen LogP contribution is 2.26. The fraction of sp³-hybridized carbons (Fsp3) is 0.286. The van der Waals surface area contributed by atoms with E-state index in [1.807, 2.05) is 31.3 Å². The molecule has 19 heavy (non-hydrogen) atoms. The second-order valence-corrected chi connectivity index (χ2v) is 4.81. The minimum atomic E-state index is 0.166. The van der Waals surface area contributed by atoms with E-state index in [-0.39, 0.29) is 6.04 Å². The molecule has 0 saturated carbocycles. The fourth-order valence-corrected chi connectivity index (χ4v) is 2.07. The lowest BCUT2D eigenvalue weighted by atomic mass is 10.1. The second-order valence-electron chi connectivity index (χ2n) is 4.37. The van der Waals surface area contributed by atoms with Crippen LogP contribution in [0.4, 0.5) is 5.82 Å². The highest BCUT2D eigenvalue weighted by atomic mass is 35.5. The first-order valence-electron chi connectivity index (χ1n) is 6.11. The topological polar surface area (TPSA) is 55.0 Å². The normalized spacial score (nSPS) is 12.2. The molecule has 1 aromatic carbocycles. The van der Waals surface area contributed by atoms with Crippen LogP contribution in [0.15, 0.2) is 36.7 Å². The molecule has 2 N–H and O–H groups in total. The smallest absolute Gasteiger partial charge is 0.151 e. The summed E-state index contributed by atoms with van der Waals surface area (Å²) in [6.07, 6.45) is 3.34. The minimum Gasteiger partial charge on any atom is -0.351 e. The first kappa shape index (κ1) is 13.8. The zero-order valence-corrected chi connectivity index (χ0v) is 11.8. The Kier molecular flexibility index (Phi) is 4.35. The van der Waals surface area contributed by atoms with Gasteiger partial charge in [-0.25, -0.2) is 4.98 Å². The summed E-state index contributed by atoms with van der Waals surface area (Å²) in [5.74, 6) is 0.812. The van der Waals surface area contributed by atoms with Crippen molar-refractivity contribution in [3.05, 3.63) is 52.9 Å². The molecular formula is C14H17ClN4. The Hall–Kier alpha value is -1.65. The maximum Gasteiger partial charge on any atom is 0.151 e. The van der Waals surface area contributed by atoms with Gasteiger partial charge in [0.2, 0.25) is 0 Å². The molecular weight excluding hydrogens is 260 g/mol. The summed E-state index contributed by atoms with van der Waals surface area (Å²) in [6.45, 7) is 2.49. The first-order chi connectivity index (χ1) is 9.13. The molecule has 0 fully saturated rings. The molecule has 0 aliphatic carbocycles. The third-order valence-electron chi connectivity index (χ3n) is 3.21. The van der Waals surface area contributed by atoms with Crippen LogP contribution in [0.1, 0.15) is 24.2 Å². The lowest BCUT2D eigenvalue weighted by Crippen LogP contribution is -2.25. The summed E-state index contributed by atoms with van der Waals surface area (Å²) in [6, 6.07) is 7.98. The Balaban J connectivity index is 2.28. The van der Waals surface area contributed by atoms with Crippen LogP contribution in [0.25, 0.3) is 0 Å². The number of halogens is 1. The van der Waals surface area contributed by atoms with Crippen molar-refractivity contribution >= 4 is 17.4 Å². The molecule has 100 valence electrons. The SMILES string of the molecule is CC(c1ccc(Cl)cc1)N(C)c1nccnc1CN. The van der Waals surface area contributed by atoms with Gasteiger partial charge >= 0.3 is 0 Å². The number of rotatable bonds is 4. The molecule has 0 saturated heterocycles. The van der Waals surface area contributed by atoms with Crippen molar-refractivity contribution in [2.24, 2.45) is 5.73 Å². The lowest BCUT2D eigenvalue weighted by Gasteiger charge is -2.27. The number of aromatic nitrogens is 2. The fourth-order valence-electron chi connectivity index (χ4n) is 1.95. The van der Waals surface area contributed by atoms with E-state index in [9.17, 15) is 0 Å². The van der Waals surface area contributed by atoms with Crippen LogP contribution in [-0.2, 0) is 6.54 Å². The van der Waals surface area contributed by atoms with Gasteiger partial charge in [-0.15, -0.1) is 0 Å². The Morgan fingerprint density at radius 2 is 1.84 bits per heavy atom. The summed E-state index contributed by atoms with van der Waals surface area (Å²) < 4.78 is 0. The van der Waals surface area contributed by atoms with Crippen molar-refractivity contribution in [1.29, 1.82) is 0 Å². The Labute approximate surface area is 118 Å². The van der Waals surface area contributed by atoms with E-state index >= 15 is 0 Å². The Morgan fingerprint density at radius 3 is 2.47 bits per heavy atom. The van der Waals surface area contributed by atoms with Gasteiger partial charge < -0.3 is 10.6 Å². The van der Waals surface area contributed by atoms with E-state index in [0.29, 0.717) is 6.54 Å². The Bertz CT molecular complexity index is 541. The number of nitrogens with zero attached hydrogens (tertiary/aromatic N) is 3. The van der Waals surface area contributed by atoms with Gasteiger partial charge in [0.15, 0.2) is 5.82 Å². The molecule has 1 unspecified atom stereocenters. The molecule has 1 aromatic heterocycles. The number of nitrogens with two attached hydrogens (primary N) is 1. The van der Waals surface area contributed by atoms with Gasteiger partial charge in [0.25, 0.3) is 0 Å². The molecule has 0 radical (unpaired) electrons. The van der Waals surface area contributed by atoms with Crippen LogP contribution < -0.4 is 10.6 Å². The van der Waals surface area contributed by atoms with E-state index in [1.54, 1.807) is 12.4 Å². The van der Waals surface area contributed by atoms with Crippen molar-refractivity contribution in [3.63, 3.8) is 0 Å². The number of anilines is 1. The predicted molar refractivity (Wildman–Crippen MR) is 78.2 cm³/mol. The van der Waals surface area contributed by atoms with Gasteiger partial charge in [0.05, 0.1) is 11.7 Å². The highest BCUT2D eigenvalue weighted by Gasteiger charge is 2.16. The molecule has 5 heteroatoms. The van der Waals surface area contributed by atoms with Crippen LogP contribution in [0.3, 0.4) is 0 Å². The molecule has 2 rings (SSSR count). The van der Waals surface area contributed by atoms with Gasteiger partial charge in [0.1, 0.15) is 0 Å². The van der Waals surface area contributed by atoms with Gasteiger partial charge in [-0.3, -0.25) is 4.98 Å². The minimum absolute atomic E-state index is 0.166. The highest BCUT2D eigenvalue weighted by molar-refractivity contribution is 6.30. The quantitative estimate of drug-likeness (QED) is 0.933. The van der Waals surface area contributed by atoms with Crippen molar-refractivity contribution in [2.45, 2.75) is 19.5 Å². The third kappa shape index (κ3) is 3.03. The largest absolute Gasteiger partial charge is 0.351 e. The molecule has 2 aromatic rings. The zero-order valence-electron chi connectivity index (χ0n) is 11.0. The zero-order chi connectivity index (χ0) is 13.8. The van der Waals surface area contributed by atoms with Gasteiger partial charge in [-0.2, -0.15) is 0 Å². The summed E-state index contributed by atoms with van der Waals surface area (Å²) in [7, 11) is 1.99. The second kappa shape index (κ2) is 5.99. The standard InChI is InChI=1S/C14H17ClN4/c1-10(11-3-5-12(15)6-4-11)19(2)14-13(9-16)17-7-8-18-14/h3-8,10H,9,16H2,1-2H3. The van der Waals surface area contributed by atoms with E-state index < -0.39 is 0 Å². The summed E-state index contributed by atoms with van der Waals surface area (Å²) in [5.41, 5.74) is 7.66. The maximum absolute atomic E-state index is 5.91. The molecule has 0 aliphatic heterocycles. The summed E-state index contributed by atoms with van der Waals surface area (Å²) >= 11 is 5.91. The molecule has 0 bridgehead atoms. The van der Waals surface area contributed by atoms with Crippen LogP contribution in [0, 0.1) is 0 Å². The van der Waals surface area contributed by atoms with E-state index in [1.165, 1.54) is 5.56 Å². The molecule has 4 nitrogen and oxygen atoms in total. The third-order valence-corrected chi connectivity index (χ3v) is 3.46. The van der Waals surface area contributed by atoms with E-state index in [4.69, 9.17) is 17.3 Å². The monoisotopic (exact) mass is 276 g/mol. The molecule has 0 amide bonds. The Morgan fingerprint density at radius 1 is 1.21 bits per heavy atom. The first-order valence-corrected chi connectivity index (χ1v) is 6.49. The number of hydrogen-bond donors (Lipinski definition) is 1. The van der Waals surface area contributed by atoms with Crippen LogP contribution in [0.2, 0.25) is 5.02 Å². The van der Waals surface area contributed by atoms with Crippen LogP contribution in [0.5, 0.6) is 0 Å². The maximum atomic E-state index is 5.91. The summed E-state index contributed by atoms with van der Waals surface area (Å²) in [4.78, 5) is 10.7. The molecule has 1 atom stereocenters. The van der Waals surface area contributed by atoms with E-state index in [0.717, 1.165) is 16.5 Å². The van der Waals surface area contributed by atoms with Crippen LogP contribution >= 0.6 is 11.6 Å². The average Bonchev–Trinajstić information content (AvgIpc) is 2.46. The van der Waals surface area contributed by atoms with Crippen LogP contribution in [-0.4, -0.2) is 17.0 Å². The van der Waals surface area contributed by atoms with Gasteiger partial charge in [-0.05, 0) is 24.6 Å². The number of benzene rings is 1. The van der Waals surface area contributed by atoms with E-state index in [2.05, 4.69) is 21.8 Å². The average molecular weight is 277 g/mol. The van der Waals surface area contributed by atoms with Crippen molar-refractivity contribution in [3.8, 4) is 0 Å². The molecule has 1 heterocycles. The van der Waals surface area contributed by atoms with Crippen molar-refractivity contribution < 1.29 is 0 Å². The summed E-state index contributed by atoms with van der Waals surface area (Å²) in [5, 5.41) is 0.737. The predicted octanol–water partition coefficient (Wildman–Crippen LogP) is 2.79. The van der Waals surface area contributed by atoms with Gasteiger partial charge in [0, 0.05) is 31.0 Å². The number of hydrogen-bond acceptors (Lipinski definition) is 4. The molecule has 0 spiro atoms. The van der Waals surface area contributed by atoms with Crippen molar-refractivity contribution in [2.75, 3.05) is 11.9 Å². The lowest BCUT2D eigenvalue weighted by molar-refractivity contribution is 0.717. The van der Waals surface area contributed by atoms with Crippen molar-refractivity contribution in [1.82, 2.24) is 9.97 Å².